The van der Waals surface area contributed by atoms with Crippen molar-refractivity contribution in [2.24, 2.45) is 5.73 Å². The zero-order valence-electron chi connectivity index (χ0n) is 13.4. The van der Waals surface area contributed by atoms with Gasteiger partial charge in [0.25, 0.3) is 5.91 Å². The summed E-state index contributed by atoms with van der Waals surface area (Å²) in [7, 11) is 0. The number of amides is 1. The molecule has 24 heavy (non-hydrogen) atoms. The highest BCUT2D eigenvalue weighted by atomic mass is 35.5. The normalized spacial score (nSPS) is 15.0. The summed E-state index contributed by atoms with van der Waals surface area (Å²) in [5.41, 5.74) is 5.44. The molecule has 0 atom stereocenters. The Kier molecular flexibility index (Phi) is 9.78. The monoisotopic (exact) mass is 396 g/mol. The number of ether oxygens (including phenoxy) is 2. The van der Waals surface area contributed by atoms with E-state index in [1.165, 1.54) is 0 Å². The van der Waals surface area contributed by atoms with Crippen LogP contribution in [0, 0.1) is 0 Å². The minimum atomic E-state index is -0.0310. The van der Waals surface area contributed by atoms with Crippen molar-refractivity contribution in [3.63, 3.8) is 0 Å². The van der Waals surface area contributed by atoms with Crippen molar-refractivity contribution in [1.29, 1.82) is 0 Å². The van der Waals surface area contributed by atoms with Gasteiger partial charge in [-0.15, -0.1) is 12.4 Å². The smallest absolute Gasteiger partial charge is 0.260 e. The summed E-state index contributed by atoms with van der Waals surface area (Å²) >= 11 is 11.8. The van der Waals surface area contributed by atoms with Crippen LogP contribution in [-0.2, 0) is 9.53 Å². The number of hydrogen-bond acceptors (Lipinski definition) is 4. The Hall–Kier alpha value is -0.720. The van der Waals surface area contributed by atoms with Crippen molar-refractivity contribution in [3.8, 4) is 5.75 Å². The number of hydrogen-bond donors (Lipinski definition) is 1. The van der Waals surface area contributed by atoms with Crippen LogP contribution in [0.2, 0.25) is 10.0 Å². The minimum absolute atomic E-state index is 0. The van der Waals surface area contributed by atoms with Gasteiger partial charge in [0, 0.05) is 25.8 Å². The number of carbonyl (C=O) groups excluding carboxylic acids is 1. The number of nitrogens with two attached hydrogens (primary N) is 1. The maximum Gasteiger partial charge on any atom is 0.260 e. The average Bonchev–Trinajstić information content (AvgIpc) is 2.56. The van der Waals surface area contributed by atoms with Gasteiger partial charge in [-0.1, -0.05) is 23.2 Å². The largest absolute Gasteiger partial charge is 0.484 e. The molecule has 0 bridgehead atoms. The molecule has 1 heterocycles. The molecule has 1 fully saturated rings. The Labute approximate surface area is 158 Å². The molecule has 5 nitrogen and oxygen atoms in total. The van der Waals surface area contributed by atoms with Crippen LogP contribution in [0.4, 0.5) is 0 Å². The number of likely N-dealkylation sites (tertiary alicyclic amines) is 1. The average molecular weight is 398 g/mol. The van der Waals surface area contributed by atoms with E-state index in [0.717, 1.165) is 19.3 Å². The maximum absolute atomic E-state index is 12.2. The predicted octanol–water partition coefficient (Wildman–Crippen LogP) is 3.15. The summed E-state index contributed by atoms with van der Waals surface area (Å²) < 4.78 is 11.2. The molecule has 0 saturated carbocycles. The molecule has 1 aromatic rings. The lowest BCUT2D eigenvalue weighted by molar-refractivity contribution is -0.136. The summed E-state index contributed by atoms with van der Waals surface area (Å²) in [6.45, 7) is 2.71. The Bertz CT molecular complexity index is 523. The van der Waals surface area contributed by atoms with E-state index in [4.69, 9.17) is 38.4 Å². The van der Waals surface area contributed by atoms with Crippen LogP contribution in [0.15, 0.2) is 18.2 Å². The molecule has 1 aliphatic rings. The fraction of sp³-hybridized carbons (Fsp3) is 0.562. The van der Waals surface area contributed by atoms with Crippen LogP contribution in [0.5, 0.6) is 5.75 Å². The summed E-state index contributed by atoms with van der Waals surface area (Å²) in [5.74, 6) is 0.504. The highest BCUT2D eigenvalue weighted by Crippen LogP contribution is 2.26. The topological polar surface area (TPSA) is 64.8 Å². The first kappa shape index (κ1) is 21.3. The second-order valence-corrected chi connectivity index (χ2v) is 6.27. The number of carbonyl (C=O) groups is 1. The number of piperidine rings is 1. The third-order valence-electron chi connectivity index (χ3n) is 3.75. The molecule has 8 heteroatoms. The van der Waals surface area contributed by atoms with Crippen LogP contribution < -0.4 is 10.5 Å². The predicted molar refractivity (Wildman–Crippen MR) is 98.4 cm³/mol. The molecule has 136 valence electrons. The molecule has 0 aliphatic carbocycles. The van der Waals surface area contributed by atoms with Gasteiger partial charge < -0.3 is 20.1 Å². The lowest BCUT2D eigenvalue weighted by Crippen LogP contribution is -2.43. The van der Waals surface area contributed by atoms with Crippen LogP contribution >= 0.6 is 35.6 Å². The molecule has 2 N–H and O–H groups in total. The summed E-state index contributed by atoms with van der Waals surface area (Å²) in [4.78, 5) is 14.0. The second-order valence-electron chi connectivity index (χ2n) is 5.46. The van der Waals surface area contributed by atoms with E-state index in [2.05, 4.69) is 0 Å². The number of nitrogens with zero attached hydrogens (tertiary/aromatic N) is 1. The van der Waals surface area contributed by atoms with Gasteiger partial charge in [-0.25, -0.2) is 0 Å². The number of rotatable bonds is 7. The second kappa shape index (κ2) is 11.0. The summed E-state index contributed by atoms with van der Waals surface area (Å²) in [5, 5.41) is 0.870. The molecular weight excluding hydrogens is 375 g/mol. The van der Waals surface area contributed by atoms with E-state index >= 15 is 0 Å². The van der Waals surface area contributed by atoms with Crippen molar-refractivity contribution in [1.82, 2.24) is 4.90 Å². The van der Waals surface area contributed by atoms with Crippen molar-refractivity contribution in [3.05, 3.63) is 28.2 Å². The van der Waals surface area contributed by atoms with Crippen molar-refractivity contribution in [2.75, 3.05) is 32.8 Å². The van der Waals surface area contributed by atoms with E-state index in [0.29, 0.717) is 42.0 Å². The highest BCUT2D eigenvalue weighted by molar-refractivity contribution is 6.42. The Morgan fingerprint density at radius 3 is 2.58 bits per heavy atom. The third kappa shape index (κ3) is 6.65. The molecular formula is C16H23Cl3N2O3. The molecule has 0 spiro atoms. The Morgan fingerprint density at radius 1 is 1.25 bits per heavy atom. The van der Waals surface area contributed by atoms with Gasteiger partial charge in [0.1, 0.15) is 5.75 Å². The molecule has 1 aromatic carbocycles. The lowest BCUT2D eigenvalue weighted by Gasteiger charge is -2.31. The van der Waals surface area contributed by atoms with Crippen molar-refractivity contribution >= 4 is 41.5 Å². The quantitative estimate of drug-likeness (QED) is 0.718. The zero-order chi connectivity index (χ0) is 16.7. The summed E-state index contributed by atoms with van der Waals surface area (Å²) in [6, 6.07) is 4.95. The molecule has 2 rings (SSSR count). The highest BCUT2D eigenvalue weighted by Gasteiger charge is 2.23. The van der Waals surface area contributed by atoms with Gasteiger partial charge >= 0.3 is 0 Å². The number of halogens is 3. The molecule has 1 aliphatic heterocycles. The van der Waals surface area contributed by atoms with E-state index in [1.54, 1.807) is 23.1 Å². The van der Waals surface area contributed by atoms with Crippen LogP contribution in [-0.4, -0.2) is 49.8 Å². The maximum atomic E-state index is 12.2. The van der Waals surface area contributed by atoms with Crippen LogP contribution in [0.25, 0.3) is 0 Å². The van der Waals surface area contributed by atoms with E-state index in [-0.39, 0.29) is 31.0 Å². The van der Waals surface area contributed by atoms with Crippen molar-refractivity contribution < 1.29 is 14.3 Å². The zero-order valence-corrected chi connectivity index (χ0v) is 15.7. The molecule has 1 amide bonds. The SMILES string of the molecule is Cl.NCCCOC1CCN(C(=O)COc2ccc(Cl)c(Cl)c2)CC1. The van der Waals surface area contributed by atoms with Gasteiger partial charge in [-0.2, -0.15) is 0 Å². The first-order chi connectivity index (χ1) is 11.1. The summed E-state index contributed by atoms with van der Waals surface area (Å²) in [6.07, 6.45) is 2.80. The Balaban J connectivity index is 0.00000288. The standard InChI is InChI=1S/C16H22Cl2N2O3.ClH/c17-14-3-2-13(10-15(14)18)23-11-16(21)20-7-4-12(5-8-20)22-9-1-6-19;/h2-3,10,12H,1,4-9,11,19H2;1H. The Morgan fingerprint density at radius 2 is 1.96 bits per heavy atom. The van der Waals surface area contributed by atoms with Crippen molar-refractivity contribution in [2.45, 2.75) is 25.4 Å². The van der Waals surface area contributed by atoms with E-state index in [9.17, 15) is 4.79 Å². The third-order valence-corrected chi connectivity index (χ3v) is 4.49. The van der Waals surface area contributed by atoms with Crippen LogP contribution in [0.1, 0.15) is 19.3 Å². The first-order valence-corrected chi connectivity index (χ1v) is 8.53. The van der Waals surface area contributed by atoms with Gasteiger partial charge in [0.05, 0.1) is 16.1 Å². The van der Waals surface area contributed by atoms with Gasteiger partial charge in [-0.05, 0) is 37.9 Å². The van der Waals surface area contributed by atoms with Gasteiger partial charge in [0.15, 0.2) is 6.61 Å². The van der Waals surface area contributed by atoms with E-state index < -0.39 is 0 Å². The fourth-order valence-corrected chi connectivity index (χ4v) is 2.70. The lowest BCUT2D eigenvalue weighted by atomic mass is 10.1. The number of benzene rings is 1. The van der Waals surface area contributed by atoms with Gasteiger partial charge in [0.2, 0.25) is 0 Å². The fourth-order valence-electron chi connectivity index (χ4n) is 2.41. The van der Waals surface area contributed by atoms with Crippen LogP contribution in [0.3, 0.4) is 0 Å². The minimum Gasteiger partial charge on any atom is -0.484 e. The molecule has 0 aromatic heterocycles. The molecule has 0 radical (unpaired) electrons. The first-order valence-electron chi connectivity index (χ1n) is 7.77. The van der Waals surface area contributed by atoms with E-state index in [1.807, 2.05) is 0 Å². The van der Waals surface area contributed by atoms with Gasteiger partial charge in [-0.3, -0.25) is 4.79 Å². The molecule has 1 saturated heterocycles. The molecule has 0 unspecified atom stereocenters.